The van der Waals surface area contributed by atoms with E-state index in [1.54, 1.807) is 36.4 Å². The van der Waals surface area contributed by atoms with Crippen molar-refractivity contribution in [1.29, 1.82) is 0 Å². The number of benzene rings is 1. The zero-order chi connectivity index (χ0) is 19.7. The van der Waals surface area contributed by atoms with Crippen molar-refractivity contribution >= 4 is 9.84 Å². The number of sulfone groups is 1. The molecule has 2 aliphatic heterocycles. The molecule has 0 saturated carbocycles. The van der Waals surface area contributed by atoms with Crippen LogP contribution in [0, 0.1) is 5.92 Å². The molecular formula is C20H28O6S. The molecule has 1 aromatic carbocycles. The summed E-state index contributed by atoms with van der Waals surface area (Å²) in [5.74, 6) is -1.33. The smallest absolute Gasteiger partial charge is 0.178 e. The molecule has 150 valence electrons. The van der Waals surface area contributed by atoms with E-state index in [1.807, 2.05) is 13.8 Å². The summed E-state index contributed by atoms with van der Waals surface area (Å²) in [6.45, 7) is 7.84. The molecule has 0 aromatic heterocycles. The zero-order valence-electron chi connectivity index (χ0n) is 15.8. The topological polar surface area (TPSA) is 82.1 Å². The van der Waals surface area contributed by atoms with E-state index in [1.165, 1.54) is 0 Å². The van der Waals surface area contributed by atoms with Crippen molar-refractivity contribution < 1.29 is 27.7 Å². The maximum absolute atomic E-state index is 12.8. The highest BCUT2D eigenvalue weighted by atomic mass is 32.2. The van der Waals surface area contributed by atoms with E-state index in [0.717, 1.165) is 0 Å². The lowest BCUT2D eigenvalue weighted by atomic mass is 9.94. The van der Waals surface area contributed by atoms with Crippen LogP contribution in [0.25, 0.3) is 0 Å². The molecule has 0 aliphatic carbocycles. The van der Waals surface area contributed by atoms with Crippen molar-refractivity contribution in [2.75, 3.05) is 12.4 Å². The summed E-state index contributed by atoms with van der Waals surface area (Å²) in [4.78, 5) is 0.257. The average Bonchev–Trinajstić information content (AvgIpc) is 3.10. The summed E-state index contributed by atoms with van der Waals surface area (Å²) in [6.07, 6.45) is 0.676. The van der Waals surface area contributed by atoms with Gasteiger partial charge in [0.2, 0.25) is 0 Å². The van der Waals surface area contributed by atoms with Crippen LogP contribution in [-0.2, 0) is 24.0 Å². The number of aliphatic hydroxyl groups excluding tert-OH is 1. The van der Waals surface area contributed by atoms with Gasteiger partial charge in [0.1, 0.15) is 0 Å². The molecule has 5 atom stereocenters. The van der Waals surface area contributed by atoms with E-state index in [9.17, 15) is 13.5 Å². The Hall–Kier alpha value is -1.25. The zero-order valence-corrected chi connectivity index (χ0v) is 16.6. The number of hydrogen-bond donors (Lipinski definition) is 1. The number of aliphatic hydroxyl groups is 1. The van der Waals surface area contributed by atoms with Crippen molar-refractivity contribution in [2.45, 2.75) is 61.8 Å². The van der Waals surface area contributed by atoms with Gasteiger partial charge in [0.15, 0.2) is 15.6 Å². The van der Waals surface area contributed by atoms with Crippen molar-refractivity contribution in [3.8, 4) is 0 Å². The first-order chi connectivity index (χ1) is 12.7. The van der Waals surface area contributed by atoms with Crippen LogP contribution in [0.5, 0.6) is 0 Å². The molecule has 2 heterocycles. The Balaban J connectivity index is 1.72. The molecule has 1 N–H and O–H groups in total. The predicted octanol–water partition coefficient (Wildman–Crippen LogP) is 2.32. The number of rotatable bonds is 7. The minimum atomic E-state index is -3.53. The molecule has 27 heavy (non-hydrogen) atoms. The van der Waals surface area contributed by atoms with Crippen LogP contribution in [-0.4, -0.2) is 56.1 Å². The first-order valence-electron chi connectivity index (χ1n) is 9.26. The monoisotopic (exact) mass is 396 g/mol. The Morgan fingerprint density at radius 1 is 1.26 bits per heavy atom. The lowest BCUT2D eigenvalue weighted by Crippen LogP contribution is -2.35. The van der Waals surface area contributed by atoms with Gasteiger partial charge in [-0.1, -0.05) is 24.3 Å². The quantitative estimate of drug-likeness (QED) is 0.713. The fraction of sp³-hybridized carbons (Fsp3) is 0.600. The molecule has 2 unspecified atom stereocenters. The van der Waals surface area contributed by atoms with Gasteiger partial charge in [0.05, 0.1) is 41.7 Å². The summed E-state index contributed by atoms with van der Waals surface area (Å²) in [5, 5.41) is 10.8. The molecule has 6 nitrogen and oxygen atoms in total. The Bertz CT molecular complexity index is 745. The largest absolute Gasteiger partial charge is 0.390 e. The van der Waals surface area contributed by atoms with Crippen LogP contribution in [0.3, 0.4) is 0 Å². The van der Waals surface area contributed by atoms with Gasteiger partial charge < -0.3 is 19.3 Å². The molecular weight excluding hydrogens is 368 g/mol. The number of hydrogen-bond acceptors (Lipinski definition) is 6. The summed E-state index contributed by atoms with van der Waals surface area (Å²) in [7, 11) is -3.53. The lowest BCUT2D eigenvalue weighted by molar-refractivity contribution is -0.143. The third-order valence-corrected chi connectivity index (χ3v) is 6.94. The molecule has 2 aliphatic rings. The molecule has 3 rings (SSSR count). The highest BCUT2D eigenvalue weighted by molar-refractivity contribution is 7.91. The Labute approximate surface area is 161 Å². The second-order valence-electron chi connectivity index (χ2n) is 7.67. The molecule has 2 fully saturated rings. The summed E-state index contributed by atoms with van der Waals surface area (Å²) in [6, 6.07) is 8.30. The molecule has 0 radical (unpaired) electrons. The van der Waals surface area contributed by atoms with Gasteiger partial charge in [0, 0.05) is 12.3 Å². The van der Waals surface area contributed by atoms with Crippen molar-refractivity contribution in [3.05, 3.63) is 43.0 Å². The highest BCUT2D eigenvalue weighted by Crippen LogP contribution is 2.36. The van der Waals surface area contributed by atoms with Crippen molar-refractivity contribution in [2.24, 2.45) is 5.92 Å². The van der Waals surface area contributed by atoms with Crippen LogP contribution in [0.2, 0.25) is 0 Å². The van der Waals surface area contributed by atoms with Gasteiger partial charge in [-0.25, -0.2) is 8.42 Å². The van der Waals surface area contributed by atoms with E-state index in [-0.39, 0.29) is 16.8 Å². The summed E-state index contributed by atoms with van der Waals surface area (Å²) in [5.41, 5.74) is 0. The molecule has 0 bridgehead atoms. The summed E-state index contributed by atoms with van der Waals surface area (Å²) < 4.78 is 43.0. The lowest BCUT2D eigenvalue weighted by Gasteiger charge is -2.21. The van der Waals surface area contributed by atoms with E-state index >= 15 is 0 Å². The minimum absolute atomic E-state index is 0.166. The SMILES string of the molecule is C=CC[C@@H]1OC(C[C@H]2COC(C)(C)O2)[C@H](O)C1CS(=O)(=O)c1ccccc1. The van der Waals surface area contributed by atoms with Gasteiger partial charge in [-0.2, -0.15) is 0 Å². The predicted molar refractivity (Wildman–Crippen MR) is 101 cm³/mol. The molecule has 0 amide bonds. The van der Waals surface area contributed by atoms with Gasteiger partial charge in [0.25, 0.3) is 0 Å². The maximum Gasteiger partial charge on any atom is 0.178 e. The molecule has 2 saturated heterocycles. The molecule has 0 spiro atoms. The Morgan fingerprint density at radius 2 is 1.96 bits per heavy atom. The third kappa shape index (κ3) is 4.78. The van der Waals surface area contributed by atoms with Crippen LogP contribution in [0.4, 0.5) is 0 Å². The molecule has 1 aromatic rings. The third-order valence-electron chi connectivity index (χ3n) is 5.12. The first kappa shape index (κ1) is 20.5. The Kier molecular flexibility index (Phi) is 6.08. The summed E-state index contributed by atoms with van der Waals surface area (Å²) >= 11 is 0. The van der Waals surface area contributed by atoms with Gasteiger partial charge in [-0.05, 0) is 32.4 Å². The minimum Gasteiger partial charge on any atom is -0.390 e. The van der Waals surface area contributed by atoms with Crippen molar-refractivity contribution in [3.63, 3.8) is 0 Å². The van der Waals surface area contributed by atoms with Crippen LogP contribution < -0.4 is 0 Å². The maximum atomic E-state index is 12.8. The van der Waals surface area contributed by atoms with E-state index in [0.29, 0.717) is 19.4 Å². The van der Waals surface area contributed by atoms with E-state index in [4.69, 9.17) is 14.2 Å². The number of ether oxygens (including phenoxy) is 3. The fourth-order valence-electron chi connectivity index (χ4n) is 3.81. The second-order valence-corrected chi connectivity index (χ2v) is 9.71. The van der Waals surface area contributed by atoms with E-state index in [2.05, 4.69) is 6.58 Å². The Morgan fingerprint density at radius 3 is 2.56 bits per heavy atom. The molecule has 7 heteroatoms. The fourth-order valence-corrected chi connectivity index (χ4v) is 5.50. The first-order valence-corrected chi connectivity index (χ1v) is 10.9. The van der Waals surface area contributed by atoms with E-state index < -0.39 is 39.9 Å². The van der Waals surface area contributed by atoms with Crippen LogP contribution >= 0.6 is 0 Å². The normalized spacial score (nSPS) is 33.2. The standard InChI is InChI=1S/C20H28O6S/c1-4-8-17-16(13-27(22,23)15-9-6-5-7-10-15)19(21)18(25-17)11-14-12-24-20(2,3)26-14/h4-7,9-10,14,16-19,21H,1,8,11-13H2,2-3H3/t14-,16?,17-,18?,19+/m0/s1. The van der Waals surface area contributed by atoms with Crippen LogP contribution in [0.15, 0.2) is 47.9 Å². The van der Waals surface area contributed by atoms with Gasteiger partial charge in [-0.3, -0.25) is 0 Å². The second kappa shape index (κ2) is 8.01. The highest BCUT2D eigenvalue weighted by Gasteiger charge is 2.47. The van der Waals surface area contributed by atoms with Crippen molar-refractivity contribution in [1.82, 2.24) is 0 Å². The van der Waals surface area contributed by atoms with Gasteiger partial charge in [-0.15, -0.1) is 6.58 Å². The van der Waals surface area contributed by atoms with Crippen LogP contribution in [0.1, 0.15) is 26.7 Å². The average molecular weight is 397 g/mol. The van der Waals surface area contributed by atoms with Gasteiger partial charge >= 0.3 is 0 Å².